The van der Waals surface area contributed by atoms with E-state index in [4.69, 9.17) is 5.26 Å². The zero-order valence-electron chi connectivity index (χ0n) is 20.2. The van der Waals surface area contributed by atoms with E-state index in [9.17, 15) is 13.2 Å². The molecule has 1 aliphatic rings. The fourth-order valence-corrected chi connectivity index (χ4v) is 5.73. The topological polar surface area (TPSA) is 108 Å². The van der Waals surface area contributed by atoms with Crippen LogP contribution in [0.25, 0.3) is 0 Å². The predicted octanol–water partition coefficient (Wildman–Crippen LogP) is 4.21. The van der Waals surface area contributed by atoms with Crippen LogP contribution >= 0.6 is 0 Å². The highest BCUT2D eigenvalue weighted by atomic mass is 32.2. The van der Waals surface area contributed by atoms with Crippen LogP contribution in [0, 0.1) is 25.2 Å². The second kappa shape index (κ2) is 9.92. The summed E-state index contributed by atoms with van der Waals surface area (Å²) in [5.41, 5.74) is 3.81. The maximum absolute atomic E-state index is 13.2. The van der Waals surface area contributed by atoms with E-state index < -0.39 is 10.0 Å². The minimum absolute atomic E-state index is 0.112. The molecule has 0 unspecified atom stereocenters. The molecule has 2 heterocycles. The number of aromatic nitrogens is 2. The number of benzene rings is 2. The van der Waals surface area contributed by atoms with E-state index in [1.807, 2.05) is 36.1 Å². The Morgan fingerprint density at radius 2 is 1.83 bits per heavy atom. The van der Waals surface area contributed by atoms with Gasteiger partial charge in [-0.3, -0.25) is 14.2 Å². The van der Waals surface area contributed by atoms with Gasteiger partial charge in [0.05, 0.1) is 23.0 Å². The summed E-state index contributed by atoms with van der Waals surface area (Å²) in [4.78, 5) is 15.2. The number of nitriles is 1. The van der Waals surface area contributed by atoms with Gasteiger partial charge in [-0.2, -0.15) is 10.4 Å². The Labute approximate surface area is 206 Å². The molecule has 0 atom stereocenters. The third kappa shape index (κ3) is 5.23. The zero-order chi connectivity index (χ0) is 25.2. The molecule has 35 heavy (non-hydrogen) atoms. The standard InChI is InChI=1S/C26H29N5O3S/c1-4-31-17-25(19(3)28-31)35(33,34)29-24-15-23(8-5-18(24)2)26(32)30-13-11-22(12-14-30)21-9-6-20(16-27)7-10-21/h5-10,15,17,22,29H,4,11-14H2,1-3H3. The van der Waals surface area contributed by atoms with Crippen molar-refractivity contribution in [2.24, 2.45) is 0 Å². The van der Waals surface area contributed by atoms with Gasteiger partial charge in [-0.25, -0.2) is 8.42 Å². The third-order valence-electron chi connectivity index (χ3n) is 6.54. The van der Waals surface area contributed by atoms with Crippen LogP contribution in [-0.2, 0) is 16.6 Å². The van der Waals surface area contributed by atoms with Crippen molar-refractivity contribution >= 4 is 21.6 Å². The van der Waals surface area contributed by atoms with Gasteiger partial charge in [0, 0.05) is 31.4 Å². The van der Waals surface area contributed by atoms with Gasteiger partial charge in [0.2, 0.25) is 0 Å². The highest BCUT2D eigenvalue weighted by molar-refractivity contribution is 7.92. The first-order chi connectivity index (χ1) is 16.7. The Balaban J connectivity index is 1.47. The van der Waals surface area contributed by atoms with E-state index in [-0.39, 0.29) is 10.8 Å². The summed E-state index contributed by atoms with van der Waals surface area (Å²) < 4.78 is 30.3. The van der Waals surface area contributed by atoms with Crippen molar-refractivity contribution in [1.29, 1.82) is 5.26 Å². The largest absolute Gasteiger partial charge is 0.339 e. The summed E-state index contributed by atoms with van der Waals surface area (Å²) in [6.07, 6.45) is 3.19. The number of hydrogen-bond donors (Lipinski definition) is 1. The van der Waals surface area contributed by atoms with Crippen molar-refractivity contribution < 1.29 is 13.2 Å². The Hall–Kier alpha value is -3.64. The Kier molecular flexibility index (Phi) is 6.94. The number of carbonyl (C=O) groups is 1. The van der Waals surface area contributed by atoms with Crippen LogP contribution in [0.2, 0.25) is 0 Å². The fourth-order valence-electron chi connectivity index (χ4n) is 4.42. The second-order valence-corrected chi connectivity index (χ2v) is 10.5. The molecule has 0 radical (unpaired) electrons. The monoisotopic (exact) mass is 491 g/mol. The van der Waals surface area contributed by atoms with Crippen molar-refractivity contribution in [2.45, 2.75) is 51.0 Å². The summed E-state index contributed by atoms with van der Waals surface area (Å²) in [7, 11) is -3.84. The molecule has 0 bridgehead atoms. The summed E-state index contributed by atoms with van der Waals surface area (Å²) >= 11 is 0. The van der Waals surface area contributed by atoms with Gasteiger partial charge >= 0.3 is 0 Å². The maximum Gasteiger partial charge on any atom is 0.265 e. The van der Waals surface area contributed by atoms with Gasteiger partial charge in [-0.05, 0) is 74.9 Å². The molecule has 2 aromatic carbocycles. The van der Waals surface area contributed by atoms with Crippen LogP contribution in [-0.4, -0.2) is 42.1 Å². The molecule has 0 saturated carbocycles. The Bertz CT molecular complexity index is 1380. The Morgan fingerprint density at radius 3 is 2.43 bits per heavy atom. The summed E-state index contributed by atoms with van der Waals surface area (Å²) in [6.45, 7) is 7.16. The smallest absolute Gasteiger partial charge is 0.265 e. The van der Waals surface area contributed by atoms with Gasteiger partial charge in [0.25, 0.3) is 15.9 Å². The SMILES string of the molecule is CCn1cc(S(=O)(=O)Nc2cc(C(=O)N3CCC(c4ccc(C#N)cc4)CC3)ccc2C)c(C)n1. The van der Waals surface area contributed by atoms with Crippen molar-refractivity contribution in [3.63, 3.8) is 0 Å². The number of nitrogens with zero attached hydrogens (tertiary/aromatic N) is 4. The quantitative estimate of drug-likeness (QED) is 0.556. The summed E-state index contributed by atoms with van der Waals surface area (Å²) in [5.74, 6) is 0.234. The van der Waals surface area contributed by atoms with Crippen LogP contribution in [0.4, 0.5) is 5.69 Å². The molecule has 1 fully saturated rings. The number of rotatable bonds is 6. The number of aryl methyl sites for hydroxylation is 3. The molecule has 1 amide bonds. The minimum atomic E-state index is -3.84. The van der Waals surface area contributed by atoms with Crippen LogP contribution in [0.3, 0.4) is 0 Å². The normalized spacial score (nSPS) is 14.5. The lowest BCUT2D eigenvalue weighted by molar-refractivity contribution is 0.0713. The van der Waals surface area contributed by atoms with E-state index >= 15 is 0 Å². The van der Waals surface area contributed by atoms with Crippen LogP contribution < -0.4 is 4.72 Å². The molecule has 0 aliphatic carbocycles. The number of sulfonamides is 1. The molecule has 1 N–H and O–H groups in total. The lowest BCUT2D eigenvalue weighted by atomic mass is 9.89. The van der Waals surface area contributed by atoms with E-state index in [1.165, 1.54) is 11.8 Å². The third-order valence-corrected chi connectivity index (χ3v) is 8.01. The number of hydrogen-bond acceptors (Lipinski definition) is 5. The first kappa shape index (κ1) is 24.5. The maximum atomic E-state index is 13.2. The summed E-state index contributed by atoms with van der Waals surface area (Å²) in [5, 5.41) is 13.2. The van der Waals surface area contributed by atoms with E-state index in [0.29, 0.717) is 48.1 Å². The fraction of sp³-hybridized carbons (Fsp3) is 0.346. The molecular formula is C26H29N5O3S. The average Bonchev–Trinajstić information content (AvgIpc) is 3.27. The van der Waals surface area contributed by atoms with E-state index in [0.717, 1.165) is 18.4 Å². The van der Waals surface area contributed by atoms with Crippen molar-refractivity contribution in [1.82, 2.24) is 14.7 Å². The van der Waals surface area contributed by atoms with Gasteiger partial charge < -0.3 is 4.90 Å². The first-order valence-electron chi connectivity index (χ1n) is 11.7. The highest BCUT2D eigenvalue weighted by Gasteiger charge is 2.26. The average molecular weight is 492 g/mol. The van der Waals surface area contributed by atoms with Crippen LogP contribution in [0.15, 0.2) is 53.6 Å². The van der Waals surface area contributed by atoms with E-state index in [1.54, 1.807) is 36.7 Å². The molecule has 9 heteroatoms. The number of carbonyl (C=O) groups excluding carboxylic acids is 1. The van der Waals surface area contributed by atoms with Crippen LogP contribution in [0.1, 0.15) is 58.4 Å². The zero-order valence-corrected chi connectivity index (χ0v) is 21.0. The van der Waals surface area contributed by atoms with Gasteiger partial charge in [0.1, 0.15) is 4.90 Å². The van der Waals surface area contributed by atoms with Gasteiger partial charge in [-0.1, -0.05) is 18.2 Å². The summed E-state index contributed by atoms with van der Waals surface area (Å²) in [6, 6.07) is 14.9. The molecule has 8 nitrogen and oxygen atoms in total. The van der Waals surface area contributed by atoms with Crippen LogP contribution in [0.5, 0.6) is 0 Å². The van der Waals surface area contributed by atoms with E-state index in [2.05, 4.69) is 15.9 Å². The molecule has 4 rings (SSSR count). The highest BCUT2D eigenvalue weighted by Crippen LogP contribution is 2.30. The molecule has 3 aromatic rings. The van der Waals surface area contributed by atoms with Crippen molar-refractivity contribution in [2.75, 3.05) is 17.8 Å². The molecule has 0 spiro atoms. The minimum Gasteiger partial charge on any atom is -0.339 e. The number of likely N-dealkylation sites (tertiary alicyclic amines) is 1. The molecule has 1 saturated heterocycles. The lowest BCUT2D eigenvalue weighted by Gasteiger charge is -2.32. The first-order valence-corrected chi connectivity index (χ1v) is 13.2. The molecule has 182 valence electrons. The van der Waals surface area contributed by atoms with Gasteiger partial charge in [0.15, 0.2) is 0 Å². The predicted molar refractivity (Wildman–Crippen MR) is 134 cm³/mol. The number of piperidine rings is 1. The molecule has 1 aliphatic heterocycles. The number of anilines is 1. The number of amides is 1. The molecule has 1 aromatic heterocycles. The lowest BCUT2D eigenvalue weighted by Crippen LogP contribution is -2.38. The Morgan fingerprint density at radius 1 is 1.14 bits per heavy atom. The van der Waals surface area contributed by atoms with Gasteiger partial charge in [-0.15, -0.1) is 0 Å². The second-order valence-electron chi connectivity index (χ2n) is 8.87. The molecular weight excluding hydrogens is 462 g/mol. The number of nitrogens with one attached hydrogen (secondary N) is 1. The van der Waals surface area contributed by atoms with Crippen molar-refractivity contribution in [3.05, 3.63) is 76.6 Å². The van der Waals surface area contributed by atoms with Crippen molar-refractivity contribution in [3.8, 4) is 6.07 Å².